The molecule has 0 aliphatic rings. The molecule has 5 nitrogen and oxygen atoms in total. The van der Waals surface area contributed by atoms with Crippen molar-refractivity contribution in [1.29, 1.82) is 0 Å². The Balaban J connectivity index is 2.05. The summed E-state index contributed by atoms with van der Waals surface area (Å²) in [6, 6.07) is 20.1. The highest BCUT2D eigenvalue weighted by molar-refractivity contribution is 6.30. The summed E-state index contributed by atoms with van der Waals surface area (Å²) in [5.41, 5.74) is 8.56. The van der Waals surface area contributed by atoms with Crippen molar-refractivity contribution in [2.75, 3.05) is 10.6 Å². The van der Waals surface area contributed by atoms with Crippen LogP contribution in [0.15, 0.2) is 60.7 Å². The highest BCUT2D eigenvalue weighted by Gasteiger charge is 2.22. The van der Waals surface area contributed by atoms with Crippen LogP contribution in [0.5, 0.6) is 0 Å². The average molecular weight is 369 g/mol. The van der Waals surface area contributed by atoms with Gasteiger partial charge in [-0.15, -0.1) is 0 Å². The summed E-state index contributed by atoms with van der Waals surface area (Å²) >= 11 is 6.26. The molecule has 3 aromatic rings. The Morgan fingerprint density at radius 1 is 0.962 bits per heavy atom. The van der Waals surface area contributed by atoms with E-state index in [9.17, 15) is 5.11 Å². The van der Waals surface area contributed by atoms with E-state index in [-0.39, 0.29) is 11.1 Å². The van der Waals surface area contributed by atoms with Gasteiger partial charge >= 0.3 is 0 Å². The van der Waals surface area contributed by atoms with Crippen LogP contribution in [0.2, 0.25) is 5.15 Å². The first-order chi connectivity index (χ1) is 12.5. The molecular weight excluding hydrogens is 348 g/mol. The fourth-order valence-electron chi connectivity index (χ4n) is 2.86. The fourth-order valence-corrected chi connectivity index (χ4v) is 3.19. The average Bonchev–Trinajstić information content (AvgIpc) is 2.62. The Kier molecular flexibility index (Phi) is 5.71. The van der Waals surface area contributed by atoms with Crippen molar-refractivity contribution in [2.45, 2.75) is 26.1 Å². The lowest BCUT2D eigenvalue weighted by atomic mass is 10.1. The lowest BCUT2D eigenvalue weighted by Crippen LogP contribution is -2.26. The molecule has 0 amide bonds. The number of aliphatic hydroxyl groups excluding tert-OH is 1. The largest absolute Gasteiger partial charge is 0.388 e. The Hall–Kier alpha value is -2.63. The van der Waals surface area contributed by atoms with Crippen molar-refractivity contribution >= 4 is 23.4 Å². The predicted octanol–water partition coefficient (Wildman–Crippen LogP) is 3.97. The molecule has 1 atom stereocenters. The number of hydrogen-bond acceptors (Lipinski definition) is 5. The van der Waals surface area contributed by atoms with Crippen molar-refractivity contribution in [3.05, 3.63) is 82.5 Å². The molecule has 0 aliphatic heterocycles. The molecule has 134 valence electrons. The van der Waals surface area contributed by atoms with E-state index < -0.39 is 6.10 Å². The van der Waals surface area contributed by atoms with Gasteiger partial charge in [0, 0.05) is 13.1 Å². The van der Waals surface area contributed by atoms with E-state index in [1.807, 2.05) is 60.7 Å². The molecule has 0 bridgehead atoms. The molecule has 3 rings (SSSR count). The van der Waals surface area contributed by atoms with E-state index in [0.717, 1.165) is 11.1 Å². The fraction of sp³-hybridized carbons (Fsp3) is 0.200. The second-order valence-corrected chi connectivity index (χ2v) is 6.47. The summed E-state index contributed by atoms with van der Waals surface area (Å²) in [6.07, 6.45) is -0.813. The van der Waals surface area contributed by atoms with Gasteiger partial charge in [-0.1, -0.05) is 72.3 Å². The van der Waals surface area contributed by atoms with Crippen LogP contribution in [0.4, 0.5) is 11.8 Å². The molecule has 1 unspecified atom stereocenters. The molecule has 0 spiro atoms. The van der Waals surface area contributed by atoms with Crippen molar-refractivity contribution in [2.24, 2.45) is 0 Å². The van der Waals surface area contributed by atoms with E-state index in [0.29, 0.717) is 24.5 Å². The van der Waals surface area contributed by atoms with Gasteiger partial charge in [0.25, 0.3) is 0 Å². The molecule has 1 heterocycles. The van der Waals surface area contributed by atoms with Crippen molar-refractivity contribution < 1.29 is 5.11 Å². The normalized spacial score (nSPS) is 12.0. The molecule has 1 aromatic heterocycles. The third-order valence-electron chi connectivity index (χ3n) is 4.05. The van der Waals surface area contributed by atoms with Crippen LogP contribution in [-0.2, 0) is 13.1 Å². The Bertz CT molecular complexity index is 815. The van der Waals surface area contributed by atoms with E-state index >= 15 is 0 Å². The number of hydrogen-bond donors (Lipinski definition) is 2. The number of nitrogens with zero attached hydrogens (tertiary/aromatic N) is 3. The van der Waals surface area contributed by atoms with Crippen LogP contribution in [0, 0.1) is 0 Å². The number of anilines is 2. The van der Waals surface area contributed by atoms with Crippen molar-refractivity contribution in [1.82, 2.24) is 9.97 Å². The minimum atomic E-state index is -0.813. The molecule has 0 saturated heterocycles. The highest BCUT2D eigenvalue weighted by atomic mass is 35.5. The highest BCUT2D eigenvalue weighted by Crippen LogP contribution is 2.32. The number of aliphatic hydroxyl groups is 1. The van der Waals surface area contributed by atoms with Crippen LogP contribution < -0.4 is 10.6 Å². The molecule has 0 radical (unpaired) electrons. The Morgan fingerprint density at radius 3 is 1.92 bits per heavy atom. The van der Waals surface area contributed by atoms with Gasteiger partial charge in [-0.3, -0.25) is 0 Å². The maximum Gasteiger partial charge on any atom is 0.223 e. The zero-order chi connectivity index (χ0) is 18.5. The van der Waals surface area contributed by atoms with E-state index in [2.05, 4.69) is 14.9 Å². The second kappa shape index (κ2) is 8.17. The third-order valence-corrected chi connectivity index (χ3v) is 4.33. The lowest BCUT2D eigenvalue weighted by Gasteiger charge is -2.27. The number of nitrogens with two attached hydrogens (primary N) is 1. The smallest absolute Gasteiger partial charge is 0.223 e. The first-order valence-electron chi connectivity index (χ1n) is 8.38. The number of benzene rings is 2. The van der Waals surface area contributed by atoms with Gasteiger partial charge in [0.1, 0.15) is 11.0 Å². The summed E-state index contributed by atoms with van der Waals surface area (Å²) in [7, 11) is 0. The zero-order valence-corrected chi connectivity index (χ0v) is 15.3. The van der Waals surface area contributed by atoms with Gasteiger partial charge in [-0.05, 0) is 18.1 Å². The number of aromatic nitrogens is 2. The third kappa shape index (κ3) is 4.31. The monoisotopic (exact) mass is 368 g/mol. The van der Waals surface area contributed by atoms with Crippen LogP contribution in [0.1, 0.15) is 29.7 Å². The molecule has 0 saturated carbocycles. The molecular formula is C20H21ClN4O. The van der Waals surface area contributed by atoms with Crippen LogP contribution >= 0.6 is 11.6 Å². The maximum absolute atomic E-state index is 10.2. The summed E-state index contributed by atoms with van der Waals surface area (Å²) in [5, 5.41) is 10.4. The van der Waals surface area contributed by atoms with E-state index in [1.54, 1.807) is 6.92 Å². The van der Waals surface area contributed by atoms with Gasteiger partial charge in [0.05, 0.1) is 11.7 Å². The van der Waals surface area contributed by atoms with Gasteiger partial charge < -0.3 is 15.7 Å². The van der Waals surface area contributed by atoms with E-state index in [4.69, 9.17) is 17.3 Å². The van der Waals surface area contributed by atoms with Crippen molar-refractivity contribution in [3.8, 4) is 0 Å². The second-order valence-electron chi connectivity index (χ2n) is 6.11. The minimum absolute atomic E-state index is 0.0838. The van der Waals surface area contributed by atoms with Gasteiger partial charge in [-0.25, -0.2) is 4.98 Å². The number of nitrogen functional groups attached to an aromatic ring is 1. The summed E-state index contributed by atoms with van der Waals surface area (Å²) in [6.45, 7) is 2.85. The topological polar surface area (TPSA) is 75.3 Å². The zero-order valence-electron chi connectivity index (χ0n) is 14.5. The van der Waals surface area contributed by atoms with Gasteiger partial charge in [-0.2, -0.15) is 4.98 Å². The molecule has 0 aliphatic carbocycles. The molecule has 6 heteroatoms. The molecule has 2 aromatic carbocycles. The first-order valence-corrected chi connectivity index (χ1v) is 8.76. The Morgan fingerprint density at radius 2 is 1.46 bits per heavy atom. The summed E-state index contributed by atoms with van der Waals surface area (Å²) in [4.78, 5) is 10.4. The quantitative estimate of drug-likeness (QED) is 0.644. The Labute approximate surface area is 158 Å². The van der Waals surface area contributed by atoms with Crippen LogP contribution in [0.25, 0.3) is 0 Å². The molecule has 3 N–H and O–H groups in total. The number of rotatable bonds is 6. The van der Waals surface area contributed by atoms with E-state index in [1.165, 1.54) is 0 Å². The maximum atomic E-state index is 10.2. The van der Waals surface area contributed by atoms with Gasteiger partial charge in [0.2, 0.25) is 5.95 Å². The summed E-state index contributed by atoms with van der Waals surface area (Å²) in [5.74, 6) is 0.630. The van der Waals surface area contributed by atoms with Gasteiger partial charge in [0.15, 0.2) is 0 Å². The molecule has 26 heavy (non-hydrogen) atoms. The standard InChI is InChI=1S/C20H21ClN4O/c1-14(26)17-18(21)23-20(22)24-19(17)25(12-15-8-4-2-5-9-15)13-16-10-6-3-7-11-16/h2-11,14,26H,12-13H2,1H3,(H2,22,23,24). The predicted molar refractivity (Wildman–Crippen MR) is 105 cm³/mol. The minimum Gasteiger partial charge on any atom is -0.388 e. The van der Waals surface area contributed by atoms with Crippen LogP contribution in [-0.4, -0.2) is 15.1 Å². The van der Waals surface area contributed by atoms with Crippen LogP contribution in [0.3, 0.4) is 0 Å². The number of halogens is 1. The molecule has 0 fully saturated rings. The van der Waals surface area contributed by atoms with Crippen molar-refractivity contribution in [3.63, 3.8) is 0 Å². The summed E-state index contributed by atoms with van der Waals surface area (Å²) < 4.78 is 0. The SMILES string of the molecule is CC(O)c1c(Cl)nc(N)nc1N(Cc1ccccc1)Cc1ccccc1. The lowest BCUT2D eigenvalue weighted by molar-refractivity contribution is 0.199. The first kappa shape index (κ1) is 18.2.